The van der Waals surface area contributed by atoms with E-state index in [9.17, 15) is 4.39 Å². The number of benzene rings is 1. The van der Waals surface area contributed by atoms with Crippen LogP contribution in [0, 0.1) is 12.7 Å². The second kappa shape index (κ2) is 4.20. The normalized spacial score (nSPS) is 8.80. The maximum Gasteiger partial charge on any atom is -1.00 e. The first kappa shape index (κ1) is 10.3. The minimum atomic E-state index is -0.0602. The number of hydrogen-bond donors (Lipinski definition) is 0. The molecule has 0 N–H and O–H groups in total. The van der Waals surface area contributed by atoms with Gasteiger partial charge in [0.05, 0.1) is 0 Å². The SMILES string of the molecule is Cc1cc[c]([Zn+])c(F)c1.[Br-]. The summed E-state index contributed by atoms with van der Waals surface area (Å²) in [6, 6.07) is 5.34. The van der Waals surface area contributed by atoms with E-state index in [1.807, 2.05) is 19.1 Å². The molecule has 0 aromatic heterocycles. The molecule has 50 valence electrons. The molecule has 0 saturated heterocycles. The average Bonchev–Trinajstić information content (AvgIpc) is 1.80. The standard InChI is InChI=1S/C7H6F.BrH.Zn/c1-6-3-2-4-7(8)5-6;;/h2-3,5H,1H3;1H;/q;;+1/p-1. The van der Waals surface area contributed by atoms with Gasteiger partial charge in [-0.2, -0.15) is 0 Å². The Morgan fingerprint density at radius 2 is 2.00 bits per heavy atom. The predicted molar refractivity (Wildman–Crippen MR) is 30.8 cm³/mol. The summed E-state index contributed by atoms with van der Waals surface area (Å²) in [5, 5.41) is 0. The summed E-state index contributed by atoms with van der Waals surface area (Å²) >= 11 is 0.895. The average molecular weight is 254 g/mol. The van der Waals surface area contributed by atoms with Gasteiger partial charge in [-0.15, -0.1) is 0 Å². The summed E-state index contributed by atoms with van der Waals surface area (Å²) in [5.41, 5.74) is 0.990. The molecule has 0 bridgehead atoms. The molecule has 0 saturated carbocycles. The van der Waals surface area contributed by atoms with E-state index in [2.05, 4.69) is 0 Å². The Hall–Kier alpha value is 0.253. The summed E-state index contributed by atoms with van der Waals surface area (Å²) in [6.07, 6.45) is 0. The van der Waals surface area contributed by atoms with Crippen LogP contribution in [0.2, 0.25) is 0 Å². The van der Waals surface area contributed by atoms with Crippen molar-refractivity contribution in [2.24, 2.45) is 0 Å². The summed E-state index contributed by atoms with van der Waals surface area (Å²) in [7, 11) is 0. The van der Waals surface area contributed by atoms with Crippen molar-refractivity contribution in [1.82, 2.24) is 0 Å². The van der Waals surface area contributed by atoms with Gasteiger partial charge in [0.2, 0.25) is 0 Å². The molecule has 0 atom stereocenters. The zero-order chi connectivity index (χ0) is 6.85. The number of rotatable bonds is 0. The molecule has 0 fully saturated rings. The number of halogens is 2. The number of hydrogen-bond acceptors (Lipinski definition) is 0. The van der Waals surface area contributed by atoms with E-state index in [4.69, 9.17) is 0 Å². The van der Waals surface area contributed by atoms with Gasteiger partial charge in [-0.25, -0.2) is 0 Å². The third kappa shape index (κ3) is 2.47. The van der Waals surface area contributed by atoms with Crippen molar-refractivity contribution in [3.05, 3.63) is 29.6 Å². The zero-order valence-electron chi connectivity index (χ0n) is 5.70. The molecule has 0 spiro atoms. The van der Waals surface area contributed by atoms with Crippen LogP contribution in [-0.4, -0.2) is 0 Å². The van der Waals surface area contributed by atoms with Crippen LogP contribution in [0.4, 0.5) is 4.39 Å². The Balaban J connectivity index is 0.000000810. The van der Waals surface area contributed by atoms with Crippen molar-refractivity contribution in [2.75, 3.05) is 0 Å². The van der Waals surface area contributed by atoms with Gasteiger partial charge in [0.15, 0.2) is 0 Å². The Bertz CT molecular complexity index is 225. The molecule has 0 aliphatic rings. The third-order valence-corrected chi connectivity index (χ3v) is 2.41. The molecule has 0 nitrogen and oxygen atoms in total. The molecule has 1 rings (SSSR count). The van der Waals surface area contributed by atoms with E-state index in [0.29, 0.717) is 0 Å². The summed E-state index contributed by atoms with van der Waals surface area (Å²) in [6.45, 7) is 1.89. The van der Waals surface area contributed by atoms with Gasteiger partial charge >= 0.3 is 63.4 Å². The molecular weight excluding hydrogens is 248 g/mol. The van der Waals surface area contributed by atoms with Crippen LogP contribution >= 0.6 is 0 Å². The Morgan fingerprint density at radius 3 is 2.40 bits per heavy atom. The van der Waals surface area contributed by atoms with E-state index in [-0.39, 0.29) is 22.8 Å². The molecule has 1 aromatic rings. The van der Waals surface area contributed by atoms with Crippen molar-refractivity contribution >= 4 is 4.16 Å². The Kier molecular flexibility index (Phi) is 4.30. The van der Waals surface area contributed by atoms with Crippen LogP contribution in [0.5, 0.6) is 0 Å². The first-order valence-corrected chi connectivity index (χ1v) is 4.26. The smallest absolute Gasteiger partial charge is 1.00 e. The second-order valence-electron chi connectivity index (χ2n) is 2.09. The molecule has 0 amide bonds. The maximum absolute atomic E-state index is 12.6. The largest absolute Gasteiger partial charge is 1.00 e. The van der Waals surface area contributed by atoms with Crippen molar-refractivity contribution in [3.63, 3.8) is 0 Å². The number of aryl methyl sites for hydroxylation is 1. The fraction of sp³-hybridized carbons (Fsp3) is 0.143. The molecule has 0 radical (unpaired) electrons. The fourth-order valence-electron chi connectivity index (χ4n) is 0.652. The van der Waals surface area contributed by atoms with Gasteiger partial charge in [0.25, 0.3) is 0 Å². The van der Waals surface area contributed by atoms with E-state index in [1.165, 1.54) is 0 Å². The van der Waals surface area contributed by atoms with E-state index in [0.717, 1.165) is 28.0 Å². The van der Waals surface area contributed by atoms with E-state index < -0.39 is 0 Å². The molecule has 3 heteroatoms. The van der Waals surface area contributed by atoms with Crippen LogP contribution in [-0.2, 0) is 18.3 Å². The van der Waals surface area contributed by atoms with Crippen molar-refractivity contribution < 1.29 is 39.7 Å². The van der Waals surface area contributed by atoms with Crippen LogP contribution in [0.3, 0.4) is 0 Å². The van der Waals surface area contributed by atoms with Crippen LogP contribution < -0.4 is 21.1 Å². The molecule has 0 aliphatic heterocycles. The molecule has 0 heterocycles. The fourth-order valence-corrected chi connectivity index (χ4v) is 1.11. The van der Waals surface area contributed by atoms with E-state index in [1.54, 1.807) is 6.07 Å². The topological polar surface area (TPSA) is 0 Å². The van der Waals surface area contributed by atoms with Crippen molar-refractivity contribution in [2.45, 2.75) is 6.92 Å². The van der Waals surface area contributed by atoms with Crippen LogP contribution in [0.25, 0.3) is 0 Å². The molecule has 1 aromatic carbocycles. The minimum Gasteiger partial charge on any atom is -1.00 e. The first-order valence-electron chi connectivity index (χ1n) is 2.78. The van der Waals surface area contributed by atoms with Crippen LogP contribution in [0.15, 0.2) is 18.2 Å². The quantitative estimate of drug-likeness (QED) is 0.485. The van der Waals surface area contributed by atoms with Crippen molar-refractivity contribution in [1.29, 1.82) is 0 Å². The Morgan fingerprint density at radius 1 is 1.40 bits per heavy atom. The zero-order valence-corrected chi connectivity index (χ0v) is 10.2. The molecule has 0 unspecified atom stereocenters. The van der Waals surface area contributed by atoms with Gasteiger partial charge in [-0.05, 0) is 0 Å². The van der Waals surface area contributed by atoms with Gasteiger partial charge in [0, 0.05) is 0 Å². The third-order valence-electron chi connectivity index (χ3n) is 1.21. The molecular formula is C7H6BrFZn. The Labute approximate surface area is 80.3 Å². The van der Waals surface area contributed by atoms with Gasteiger partial charge < -0.3 is 17.0 Å². The van der Waals surface area contributed by atoms with Gasteiger partial charge in [0.1, 0.15) is 0 Å². The molecule has 10 heavy (non-hydrogen) atoms. The predicted octanol–water partition coefficient (Wildman–Crippen LogP) is -1.69. The van der Waals surface area contributed by atoms with Gasteiger partial charge in [-0.1, -0.05) is 0 Å². The van der Waals surface area contributed by atoms with E-state index >= 15 is 0 Å². The summed E-state index contributed by atoms with van der Waals surface area (Å²) in [4.78, 5) is 0. The van der Waals surface area contributed by atoms with Crippen molar-refractivity contribution in [3.8, 4) is 0 Å². The minimum absolute atomic E-state index is 0. The second-order valence-corrected chi connectivity index (χ2v) is 3.69. The summed E-state index contributed by atoms with van der Waals surface area (Å²) < 4.78 is 13.4. The first-order chi connectivity index (χ1) is 4.20. The summed E-state index contributed by atoms with van der Waals surface area (Å²) in [5.74, 6) is -0.0602. The molecule has 0 aliphatic carbocycles. The monoisotopic (exact) mass is 252 g/mol. The van der Waals surface area contributed by atoms with Gasteiger partial charge in [-0.3, -0.25) is 0 Å². The maximum atomic E-state index is 12.6. The van der Waals surface area contributed by atoms with Crippen LogP contribution in [0.1, 0.15) is 5.56 Å².